The summed E-state index contributed by atoms with van der Waals surface area (Å²) in [5, 5.41) is 8.67. The maximum Gasteiger partial charge on any atom is 0.203 e. The van der Waals surface area contributed by atoms with Crippen LogP contribution in [0.4, 0.5) is 5.69 Å². The molecule has 0 bridgehead atoms. The standard InChI is InChI=1S/C20H22N2O5/c1-11-14(23-2)8-7-13-17(11)21-22-18(13)19(26-5)12-9-15(24-3)20(27-6)16(10-12)25-4/h7-10H,1-6H3/b19-18-. The first-order valence-corrected chi connectivity index (χ1v) is 8.27. The average Bonchev–Trinajstić information content (AvgIpc) is 3.12. The van der Waals surface area contributed by atoms with Gasteiger partial charge in [0.15, 0.2) is 17.3 Å². The molecule has 3 rings (SSSR count). The Morgan fingerprint density at radius 1 is 0.778 bits per heavy atom. The van der Waals surface area contributed by atoms with Gasteiger partial charge in [-0.1, -0.05) is 0 Å². The van der Waals surface area contributed by atoms with E-state index in [0.717, 1.165) is 28.1 Å². The second-order valence-corrected chi connectivity index (χ2v) is 5.78. The Bertz CT molecular complexity index is 909. The summed E-state index contributed by atoms with van der Waals surface area (Å²) in [6.45, 7) is 1.95. The van der Waals surface area contributed by atoms with Crippen molar-refractivity contribution in [2.75, 3.05) is 35.5 Å². The average molecular weight is 370 g/mol. The molecule has 0 N–H and O–H groups in total. The number of benzene rings is 2. The van der Waals surface area contributed by atoms with Crippen LogP contribution in [0, 0.1) is 6.92 Å². The summed E-state index contributed by atoms with van der Waals surface area (Å²) in [7, 11) is 7.93. The first-order valence-electron chi connectivity index (χ1n) is 8.27. The molecule has 1 aliphatic rings. The maximum absolute atomic E-state index is 5.69. The number of methoxy groups -OCH3 is 5. The van der Waals surface area contributed by atoms with Gasteiger partial charge in [-0.15, -0.1) is 10.2 Å². The van der Waals surface area contributed by atoms with Crippen LogP contribution in [-0.4, -0.2) is 35.5 Å². The van der Waals surface area contributed by atoms with Gasteiger partial charge in [-0.05, 0) is 31.2 Å². The van der Waals surface area contributed by atoms with Gasteiger partial charge < -0.3 is 23.7 Å². The smallest absolute Gasteiger partial charge is 0.203 e. The lowest BCUT2D eigenvalue weighted by Crippen LogP contribution is -1.99. The summed E-state index contributed by atoms with van der Waals surface area (Å²) in [5.41, 5.74) is 3.94. The van der Waals surface area contributed by atoms with Gasteiger partial charge in [0.2, 0.25) is 5.75 Å². The Hall–Kier alpha value is -3.22. The summed E-state index contributed by atoms with van der Waals surface area (Å²) in [6, 6.07) is 7.45. The van der Waals surface area contributed by atoms with E-state index in [-0.39, 0.29) is 0 Å². The van der Waals surface area contributed by atoms with Crippen molar-refractivity contribution in [3.05, 3.63) is 41.0 Å². The lowest BCUT2D eigenvalue weighted by molar-refractivity contribution is 0.323. The molecule has 0 unspecified atom stereocenters. The third-order valence-corrected chi connectivity index (χ3v) is 4.45. The van der Waals surface area contributed by atoms with Crippen LogP contribution in [0.1, 0.15) is 16.7 Å². The molecule has 2 aromatic rings. The van der Waals surface area contributed by atoms with E-state index in [2.05, 4.69) is 10.2 Å². The van der Waals surface area contributed by atoms with Crippen LogP contribution in [0.3, 0.4) is 0 Å². The van der Waals surface area contributed by atoms with Gasteiger partial charge in [-0.3, -0.25) is 0 Å². The van der Waals surface area contributed by atoms with Gasteiger partial charge in [-0.25, -0.2) is 0 Å². The normalized spacial score (nSPS) is 13.9. The number of rotatable bonds is 6. The van der Waals surface area contributed by atoms with Gasteiger partial charge in [-0.2, -0.15) is 0 Å². The molecule has 0 aromatic heterocycles. The van der Waals surface area contributed by atoms with Crippen molar-refractivity contribution in [3.8, 4) is 23.0 Å². The molecule has 0 radical (unpaired) electrons. The molecule has 1 heterocycles. The molecule has 0 amide bonds. The molecule has 0 spiro atoms. The first kappa shape index (κ1) is 18.6. The van der Waals surface area contributed by atoms with Crippen LogP contribution in [0.15, 0.2) is 34.5 Å². The molecule has 0 saturated heterocycles. The van der Waals surface area contributed by atoms with Crippen LogP contribution in [0.2, 0.25) is 0 Å². The van der Waals surface area contributed by atoms with E-state index in [1.807, 2.05) is 31.2 Å². The van der Waals surface area contributed by atoms with Crippen LogP contribution in [0.25, 0.3) is 11.5 Å². The third kappa shape index (κ3) is 3.05. The molecule has 2 aromatic carbocycles. The Labute approximate surface area is 158 Å². The van der Waals surface area contributed by atoms with Crippen LogP contribution in [0.5, 0.6) is 23.0 Å². The Balaban J connectivity index is 2.21. The lowest BCUT2D eigenvalue weighted by atomic mass is 10.0. The van der Waals surface area contributed by atoms with Crippen LogP contribution < -0.4 is 18.9 Å². The van der Waals surface area contributed by atoms with Gasteiger partial charge in [0.05, 0.1) is 35.5 Å². The van der Waals surface area contributed by atoms with Crippen molar-refractivity contribution in [1.29, 1.82) is 0 Å². The number of azo groups is 1. The summed E-state index contributed by atoms with van der Waals surface area (Å²) in [6.07, 6.45) is 0. The van der Waals surface area contributed by atoms with E-state index in [1.165, 1.54) is 0 Å². The van der Waals surface area contributed by atoms with Crippen molar-refractivity contribution in [3.63, 3.8) is 0 Å². The molecule has 0 aliphatic carbocycles. The summed E-state index contributed by atoms with van der Waals surface area (Å²) < 4.78 is 27.3. The lowest BCUT2D eigenvalue weighted by Gasteiger charge is -2.16. The number of hydrogen-bond acceptors (Lipinski definition) is 7. The second kappa shape index (κ2) is 7.57. The van der Waals surface area contributed by atoms with E-state index >= 15 is 0 Å². The van der Waals surface area contributed by atoms with E-state index in [9.17, 15) is 0 Å². The van der Waals surface area contributed by atoms with Gasteiger partial charge >= 0.3 is 0 Å². The number of fused-ring (bicyclic) bond motifs is 1. The fourth-order valence-corrected chi connectivity index (χ4v) is 3.11. The Kier molecular flexibility index (Phi) is 5.21. The van der Waals surface area contributed by atoms with E-state index in [0.29, 0.717) is 28.7 Å². The number of nitrogens with zero attached hydrogens (tertiary/aromatic N) is 2. The molecular formula is C20H22N2O5. The predicted molar refractivity (Wildman–Crippen MR) is 102 cm³/mol. The fraction of sp³-hybridized carbons (Fsp3) is 0.300. The summed E-state index contributed by atoms with van der Waals surface area (Å²) >= 11 is 0. The predicted octanol–water partition coefficient (Wildman–Crippen LogP) is 4.60. The maximum atomic E-state index is 5.69. The monoisotopic (exact) mass is 370 g/mol. The molecule has 0 atom stereocenters. The van der Waals surface area contributed by atoms with E-state index in [1.54, 1.807) is 35.5 Å². The Morgan fingerprint density at radius 2 is 1.41 bits per heavy atom. The summed E-state index contributed by atoms with van der Waals surface area (Å²) in [4.78, 5) is 0. The Morgan fingerprint density at radius 3 is 1.93 bits per heavy atom. The highest BCUT2D eigenvalue weighted by atomic mass is 16.5. The molecule has 0 fully saturated rings. The van der Waals surface area contributed by atoms with Crippen molar-refractivity contribution in [2.24, 2.45) is 10.2 Å². The van der Waals surface area contributed by atoms with Crippen molar-refractivity contribution < 1.29 is 23.7 Å². The highest BCUT2D eigenvalue weighted by Gasteiger charge is 2.25. The fourth-order valence-electron chi connectivity index (χ4n) is 3.11. The van der Waals surface area contributed by atoms with Crippen molar-refractivity contribution in [1.82, 2.24) is 0 Å². The minimum atomic E-state index is 0.512. The van der Waals surface area contributed by atoms with Crippen LogP contribution >= 0.6 is 0 Å². The zero-order chi connectivity index (χ0) is 19.6. The zero-order valence-electron chi connectivity index (χ0n) is 16.2. The SMILES string of the molecule is CO/C(=C1\N=Nc2c1ccc(OC)c2C)c1cc(OC)c(OC)c(OC)c1. The molecule has 27 heavy (non-hydrogen) atoms. The van der Waals surface area contributed by atoms with E-state index in [4.69, 9.17) is 23.7 Å². The first-order chi connectivity index (χ1) is 13.1. The largest absolute Gasteiger partial charge is 0.496 e. The third-order valence-electron chi connectivity index (χ3n) is 4.45. The highest BCUT2D eigenvalue weighted by molar-refractivity contribution is 5.94. The topological polar surface area (TPSA) is 70.9 Å². The molecule has 7 nitrogen and oxygen atoms in total. The molecule has 142 valence electrons. The van der Waals surface area contributed by atoms with Crippen molar-refractivity contribution in [2.45, 2.75) is 6.92 Å². The quantitative estimate of drug-likeness (QED) is 0.695. The van der Waals surface area contributed by atoms with Gasteiger partial charge in [0.1, 0.15) is 17.1 Å². The van der Waals surface area contributed by atoms with Crippen LogP contribution in [-0.2, 0) is 4.74 Å². The zero-order valence-corrected chi connectivity index (χ0v) is 16.2. The molecular weight excluding hydrogens is 348 g/mol. The minimum absolute atomic E-state index is 0.512. The number of ether oxygens (including phenoxy) is 5. The molecule has 1 aliphatic heterocycles. The van der Waals surface area contributed by atoms with Crippen molar-refractivity contribution >= 4 is 17.1 Å². The molecule has 7 heteroatoms. The van der Waals surface area contributed by atoms with Gasteiger partial charge in [0, 0.05) is 16.7 Å². The second-order valence-electron chi connectivity index (χ2n) is 5.78. The molecule has 0 saturated carbocycles. The van der Waals surface area contributed by atoms with E-state index < -0.39 is 0 Å². The minimum Gasteiger partial charge on any atom is -0.496 e. The summed E-state index contributed by atoms with van der Waals surface area (Å²) in [5.74, 6) is 2.89. The highest BCUT2D eigenvalue weighted by Crippen LogP contribution is 2.46. The number of hydrogen-bond donors (Lipinski definition) is 0. The van der Waals surface area contributed by atoms with Gasteiger partial charge in [0.25, 0.3) is 0 Å².